The summed E-state index contributed by atoms with van der Waals surface area (Å²) in [6.07, 6.45) is -2.54. The molecule has 1 atom stereocenters. The molecule has 1 amide bonds. The minimum Gasteiger partial charge on any atom is -0.489 e. The monoisotopic (exact) mass is 347 g/mol. The SMILES string of the molecule is Cc1ccc(NC(=O)COCC(F)(F)F)c(OCC2CCCO2)c1. The Morgan fingerprint density at radius 2 is 2.21 bits per heavy atom. The number of aryl methyl sites for hydroxylation is 1. The maximum atomic E-state index is 12.0. The lowest BCUT2D eigenvalue weighted by Crippen LogP contribution is -2.24. The summed E-state index contributed by atoms with van der Waals surface area (Å²) >= 11 is 0. The van der Waals surface area contributed by atoms with Crippen molar-refractivity contribution in [1.29, 1.82) is 0 Å². The van der Waals surface area contributed by atoms with Crippen molar-refractivity contribution in [2.75, 3.05) is 31.7 Å². The second-order valence-corrected chi connectivity index (χ2v) is 5.60. The Hall–Kier alpha value is -1.80. The summed E-state index contributed by atoms with van der Waals surface area (Å²) in [7, 11) is 0. The number of hydrogen-bond acceptors (Lipinski definition) is 4. The predicted molar refractivity (Wildman–Crippen MR) is 81.2 cm³/mol. The van der Waals surface area contributed by atoms with Gasteiger partial charge in [0.05, 0.1) is 11.8 Å². The van der Waals surface area contributed by atoms with E-state index in [-0.39, 0.29) is 6.10 Å². The van der Waals surface area contributed by atoms with Gasteiger partial charge in [0.15, 0.2) is 0 Å². The summed E-state index contributed by atoms with van der Waals surface area (Å²) in [5.74, 6) is -0.222. The average molecular weight is 347 g/mol. The molecule has 8 heteroatoms. The zero-order chi connectivity index (χ0) is 17.6. The molecule has 0 aliphatic carbocycles. The summed E-state index contributed by atoms with van der Waals surface area (Å²) in [5.41, 5.74) is 1.32. The van der Waals surface area contributed by atoms with Crippen LogP contribution in [0.3, 0.4) is 0 Å². The molecule has 0 bridgehead atoms. The molecule has 0 aromatic heterocycles. The number of amides is 1. The van der Waals surface area contributed by atoms with Crippen molar-refractivity contribution in [3.8, 4) is 5.75 Å². The minimum absolute atomic E-state index is 0.0178. The van der Waals surface area contributed by atoms with E-state index in [1.165, 1.54) is 0 Å². The number of benzene rings is 1. The van der Waals surface area contributed by atoms with Gasteiger partial charge in [-0.05, 0) is 37.5 Å². The molecular formula is C16H20F3NO4. The number of hydrogen-bond donors (Lipinski definition) is 1. The lowest BCUT2D eigenvalue weighted by molar-refractivity contribution is -0.174. The van der Waals surface area contributed by atoms with Crippen molar-refractivity contribution in [3.63, 3.8) is 0 Å². The third kappa shape index (κ3) is 6.37. The standard InChI is InChI=1S/C16H20F3NO4/c1-11-4-5-13(20-15(21)9-22-10-16(17,18)19)14(7-11)24-8-12-3-2-6-23-12/h4-5,7,12H,2-3,6,8-10H2,1H3,(H,20,21). The van der Waals surface area contributed by atoms with Gasteiger partial charge in [-0.3, -0.25) is 4.79 Å². The molecular weight excluding hydrogens is 327 g/mol. The topological polar surface area (TPSA) is 56.8 Å². The van der Waals surface area contributed by atoms with Crippen LogP contribution >= 0.6 is 0 Å². The highest BCUT2D eigenvalue weighted by atomic mass is 19.4. The fourth-order valence-corrected chi connectivity index (χ4v) is 2.26. The lowest BCUT2D eigenvalue weighted by Gasteiger charge is -2.16. The Kier molecular flexibility index (Phi) is 6.44. The van der Waals surface area contributed by atoms with Crippen LogP contribution in [-0.2, 0) is 14.3 Å². The molecule has 5 nitrogen and oxygen atoms in total. The Bertz CT molecular complexity index is 557. The fourth-order valence-electron chi connectivity index (χ4n) is 2.26. The zero-order valence-electron chi connectivity index (χ0n) is 13.3. The fraction of sp³-hybridized carbons (Fsp3) is 0.562. The molecule has 1 aliphatic heterocycles. The van der Waals surface area contributed by atoms with Gasteiger partial charge in [-0.25, -0.2) is 0 Å². The van der Waals surface area contributed by atoms with Crippen LogP contribution in [0.25, 0.3) is 0 Å². The maximum absolute atomic E-state index is 12.0. The number of halogens is 3. The number of nitrogens with one attached hydrogen (secondary N) is 1. The quantitative estimate of drug-likeness (QED) is 0.824. The molecule has 1 saturated heterocycles. The first-order valence-corrected chi connectivity index (χ1v) is 7.63. The molecule has 24 heavy (non-hydrogen) atoms. The van der Waals surface area contributed by atoms with Gasteiger partial charge in [0.25, 0.3) is 0 Å². The molecule has 0 spiro atoms. The van der Waals surface area contributed by atoms with Gasteiger partial charge in [0, 0.05) is 6.61 Å². The Labute approximate surface area is 138 Å². The van der Waals surface area contributed by atoms with E-state index in [9.17, 15) is 18.0 Å². The highest BCUT2D eigenvalue weighted by Gasteiger charge is 2.27. The van der Waals surface area contributed by atoms with E-state index in [1.807, 2.05) is 6.92 Å². The van der Waals surface area contributed by atoms with E-state index in [2.05, 4.69) is 10.1 Å². The largest absolute Gasteiger partial charge is 0.489 e. The number of carbonyl (C=O) groups is 1. The van der Waals surface area contributed by atoms with Gasteiger partial charge in [0.2, 0.25) is 5.91 Å². The highest BCUT2D eigenvalue weighted by molar-refractivity contribution is 5.93. The van der Waals surface area contributed by atoms with Gasteiger partial charge in [-0.15, -0.1) is 0 Å². The van der Waals surface area contributed by atoms with Crippen LogP contribution in [0, 0.1) is 6.92 Å². The predicted octanol–water partition coefficient (Wildman–Crippen LogP) is 3.07. The van der Waals surface area contributed by atoms with Crippen molar-refractivity contribution in [2.24, 2.45) is 0 Å². The van der Waals surface area contributed by atoms with Gasteiger partial charge < -0.3 is 19.5 Å². The Balaban J connectivity index is 1.89. The summed E-state index contributed by atoms with van der Waals surface area (Å²) in [6.45, 7) is 0.797. The number of anilines is 1. The first-order valence-electron chi connectivity index (χ1n) is 7.63. The van der Waals surface area contributed by atoms with Crippen molar-refractivity contribution in [3.05, 3.63) is 23.8 Å². The van der Waals surface area contributed by atoms with Gasteiger partial charge in [-0.1, -0.05) is 6.07 Å². The first-order chi connectivity index (χ1) is 11.3. The van der Waals surface area contributed by atoms with E-state index in [0.717, 1.165) is 18.4 Å². The molecule has 1 aromatic rings. The molecule has 134 valence electrons. The zero-order valence-corrected chi connectivity index (χ0v) is 13.3. The van der Waals surface area contributed by atoms with Crippen molar-refractivity contribution in [1.82, 2.24) is 0 Å². The summed E-state index contributed by atoms with van der Waals surface area (Å²) in [6, 6.07) is 5.16. The first kappa shape index (κ1) is 18.5. The highest BCUT2D eigenvalue weighted by Crippen LogP contribution is 2.27. The van der Waals surface area contributed by atoms with E-state index in [1.54, 1.807) is 18.2 Å². The summed E-state index contributed by atoms with van der Waals surface area (Å²) in [4.78, 5) is 11.7. The van der Waals surface area contributed by atoms with Crippen LogP contribution in [0.4, 0.5) is 18.9 Å². The van der Waals surface area contributed by atoms with E-state index in [4.69, 9.17) is 9.47 Å². The Morgan fingerprint density at radius 3 is 2.88 bits per heavy atom. The van der Waals surface area contributed by atoms with Crippen molar-refractivity contribution >= 4 is 11.6 Å². The summed E-state index contributed by atoms with van der Waals surface area (Å²) < 4.78 is 51.5. The van der Waals surface area contributed by atoms with Crippen LogP contribution in [0.1, 0.15) is 18.4 Å². The third-order valence-electron chi connectivity index (χ3n) is 3.36. The van der Waals surface area contributed by atoms with Crippen LogP contribution in [-0.4, -0.2) is 44.6 Å². The Morgan fingerprint density at radius 1 is 1.42 bits per heavy atom. The molecule has 0 saturated carbocycles. The molecule has 1 fully saturated rings. The van der Waals surface area contributed by atoms with Gasteiger partial charge >= 0.3 is 6.18 Å². The molecule has 0 radical (unpaired) electrons. The molecule has 1 N–H and O–H groups in total. The summed E-state index contributed by atoms with van der Waals surface area (Å²) in [5, 5.41) is 2.50. The lowest BCUT2D eigenvalue weighted by atomic mass is 10.2. The molecule has 1 aliphatic rings. The molecule has 1 unspecified atom stereocenters. The molecule has 1 aromatic carbocycles. The number of rotatable bonds is 7. The second kappa shape index (κ2) is 8.34. The number of ether oxygens (including phenoxy) is 3. The van der Waals surface area contributed by atoms with Crippen LogP contribution in [0.15, 0.2) is 18.2 Å². The molecule has 2 rings (SSSR count). The average Bonchev–Trinajstić information content (AvgIpc) is 2.99. The van der Waals surface area contributed by atoms with Crippen LogP contribution < -0.4 is 10.1 Å². The molecule has 1 heterocycles. The van der Waals surface area contributed by atoms with E-state index in [0.29, 0.717) is 24.7 Å². The van der Waals surface area contributed by atoms with Gasteiger partial charge in [-0.2, -0.15) is 13.2 Å². The van der Waals surface area contributed by atoms with E-state index >= 15 is 0 Å². The normalized spacial score (nSPS) is 17.8. The smallest absolute Gasteiger partial charge is 0.411 e. The number of alkyl halides is 3. The van der Waals surface area contributed by atoms with Gasteiger partial charge in [0.1, 0.15) is 25.6 Å². The third-order valence-corrected chi connectivity index (χ3v) is 3.36. The van der Waals surface area contributed by atoms with Crippen LogP contribution in [0.5, 0.6) is 5.75 Å². The maximum Gasteiger partial charge on any atom is 0.411 e. The minimum atomic E-state index is -4.46. The second-order valence-electron chi connectivity index (χ2n) is 5.60. The van der Waals surface area contributed by atoms with Crippen molar-refractivity contribution in [2.45, 2.75) is 32.0 Å². The number of carbonyl (C=O) groups excluding carboxylic acids is 1. The van der Waals surface area contributed by atoms with Crippen molar-refractivity contribution < 1.29 is 32.2 Å². The van der Waals surface area contributed by atoms with Crippen LogP contribution in [0.2, 0.25) is 0 Å². The van der Waals surface area contributed by atoms with E-state index < -0.39 is 25.3 Å².